The lowest BCUT2D eigenvalue weighted by Crippen LogP contribution is -2.06. The molecule has 0 aliphatic heterocycles. The van der Waals surface area contributed by atoms with Gasteiger partial charge >= 0.3 is 0 Å². The van der Waals surface area contributed by atoms with Crippen LogP contribution in [0.2, 0.25) is 5.02 Å². The van der Waals surface area contributed by atoms with Crippen LogP contribution in [0.5, 0.6) is 0 Å². The molecule has 0 N–H and O–H groups in total. The van der Waals surface area contributed by atoms with Gasteiger partial charge in [-0.25, -0.2) is 4.39 Å². The standard InChI is InChI=1S/C14H12ClFO3S/c1-10-2-5-12(6-3-10)20(17,18)19-9-11-4-7-13(15)14(16)8-11/h2-8H,9H2,1H3. The van der Waals surface area contributed by atoms with Crippen LogP contribution < -0.4 is 0 Å². The summed E-state index contributed by atoms with van der Waals surface area (Å²) in [4.78, 5) is 0.0672. The highest BCUT2D eigenvalue weighted by atomic mass is 35.5. The Bertz CT molecular complexity index is 712. The van der Waals surface area contributed by atoms with E-state index in [0.717, 1.165) is 11.6 Å². The Morgan fingerprint density at radius 3 is 2.40 bits per heavy atom. The summed E-state index contributed by atoms with van der Waals surface area (Å²) >= 11 is 5.55. The van der Waals surface area contributed by atoms with Crippen molar-refractivity contribution in [3.05, 3.63) is 64.4 Å². The predicted octanol–water partition coefficient (Wildman–Crippen LogP) is 3.69. The second-order valence-corrected chi connectivity index (χ2v) is 6.30. The van der Waals surface area contributed by atoms with E-state index >= 15 is 0 Å². The van der Waals surface area contributed by atoms with E-state index in [9.17, 15) is 12.8 Å². The summed E-state index contributed by atoms with van der Waals surface area (Å²) in [7, 11) is -3.85. The molecule has 6 heteroatoms. The van der Waals surface area contributed by atoms with E-state index in [2.05, 4.69) is 0 Å². The van der Waals surface area contributed by atoms with E-state index < -0.39 is 15.9 Å². The Balaban J connectivity index is 2.13. The fourth-order valence-corrected chi connectivity index (χ4v) is 2.56. The number of hydrogen-bond donors (Lipinski definition) is 0. The lowest BCUT2D eigenvalue weighted by atomic mass is 10.2. The molecule has 106 valence electrons. The summed E-state index contributed by atoms with van der Waals surface area (Å²) in [5, 5.41) is -0.0184. The summed E-state index contributed by atoms with van der Waals surface area (Å²) in [5.74, 6) is -0.611. The van der Waals surface area contributed by atoms with Crippen LogP contribution in [-0.4, -0.2) is 8.42 Å². The SMILES string of the molecule is Cc1ccc(S(=O)(=O)OCc2ccc(Cl)c(F)c2)cc1. The highest BCUT2D eigenvalue weighted by Gasteiger charge is 2.15. The topological polar surface area (TPSA) is 43.4 Å². The third-order valence-electron chi connectivity index (χ3n) is 2.67. The van der Waals surface area contributed by atoms with Gasteiger partial charge in [-0.05, 0) is 36.8 Å². The maximum Gasteiger partial charge on any atom is 0.297 e. The van der Waals surface area contributed by atoms with Gasteiger partial charge in [-0.3, -0.25) is 4.18 Å². The molecule has 0 saturated carbocycles. The summed E-state index contributed by atoms with van der Waals surface area (Å²) in [6.45, 7) is 1.61. The molecule has 0 unspecified atom stereocenters. The Morgan fingerprint density at radius 1 is 1.15 bits per heavy atom. The van der Waals surface area contributed by atoms with E-state index in [1.807, 2.05) is 6.92 Å². The first-order chi connectivity index (χ1) is 9.38. The lowest BCUT2D eigenvalue weighted by Gasteiger charge is -2.06. The number of benzene rings is 2. The van der Waals surface area contributed by atoms with Crippen molar-refractivity contribution in [2.24, 2.45) is 0 Å². The molecule has 0 heterocycles. The highest BCUT2D eigenvalue weighted by Crippen LogP contribution is 2.19. The maximum atomic E-state index is 13.2. The van der Waals surface area contributed by atoms with Gasteiger partial charge in [-0.2, -0.15) is 8.42 Å². The van der Waals surface area contributed by atoms with Gasteiger partial charge in [0.05, 0.1) is 16.5 Å². The third-order valence-corrected chi connectivity index (χ3v) is 4.26. The van der Waals surface area contributed by atoms with Crippen LogP contribution in [0, 0.1) is 12.7 Å². The average molecular weight is 315 g/mol. The Morgan fingerprint density at radius 2 is 1.80 bits per heavy atom. The van der Waals surface area contributed by atoms with Crippen LogP contribution in [-0.2, 0) is 20.9 Å². The van der Waals surface area contributed by atoms with Crippen molar-refractivity contribution >= 4 is 21.7 Å². The zero-order chi connectivity index (χ0) is 14.8. The van der Waals surface area contributed by atoms with Crippen LogP contribution in [0.15, 0.2) is 47.4 Å². The molecular weight excluding hydrogens is 303 g/mol. The highest BCUT2D eigenvalue weighted by molar-refractivity contribution is 7.86. The van der Waals surface area contributed by atoms with Gasteiger partial charge in [0.2, 0.25) is 0 Å². The zero-order valence-corrected chi connectivity index (χ0v) is 12.2. The van der Waals surface area contributed by atoms with Crippen LogP contribution in [0.3, 0.4) is 0 Å². The van der Waals surface area contributed by atoms with Gasteiger partial charge in [0.25, 0.3) is 10.1 Å². The Kier molecular flexibility index (Phi) is 4.42. The molecule has 0 aliphatic carbocycles. The summed E-state index contributed by atoms with van der Waals surface area (Å²) in [6.07, 6.45) is 0. The first-order valence-electron chi connectivity index (χ1n) is 5.78. The van der Waals surface area contributed by atoms with Crippen molar-refractivity contribution < 1.29 is 17.0 Å². The minimum absolute atomic E-state index is 0.0184. The molecule has 0 fully saturated rings. The van der Waals surface area contributed by atoms with Crippen LogP contribution >= 0.6 is 11.6 Å². The predicted molar refractivity (Wildman–Crippen MR) is 74.6 cm³/mol. The minimum atomic E-state index is -3.85. The molecule has 2 aromatic carbocycles. The number of rotatable bonds is 4. The second-order valence-electron chi connectivity index (χ2n) is 4.28. The maximum absolute atomic E-state index is 13.2. The largest absolute Gasteiger partial charge is 0.297 e. The van der Waals surface area contributed by atoms with Gasteiger partial charge in [-0.1, -0.05) is 35.4 Å². The lowest BCUT2D eigenvalue weighted by molar-refractivity contribution is 0.307. The molecule has 0 spiro atoms. The smallest absolute Gasteiger partial charge is 0.262 e. The number of hydrogen-bond acceptors (Lipinski definition) is 3. The van der Waals surface area contributed by atoms with Crippen molar-refractivity contribution in [1.29, 1.82) is 0 Å². The van der Waals surface area contributed by atoms with E-state index in [1.165, 1.54) is 24.3 Å². The normalized spacial score (nSPS) is 11.6. The van der Waals surface area contributed by atoms with Crippen molar-refractivity contribution in [3.8, 4) is 0 Å². The molecule has 2 rings (SSSR count). The quantitative estimate of drug-likeness (QED) is 0.808. The molecule has 0 bridgehead atoms. The minimum Gasteiger partial charge on any atom is -0.262 e. The van der Waals surface area contributed by atoms with Crippen molar-refractivity contribution in [3.63, 3.8) is 0 Å². The van der Waals surface area contributed by atoms with Crippen LogP contribution in [0.4, 0.5) is 4.39 Å². The van der Waals surface area contributed by atoms with Crippen molar-refractivity contribution in [2.45, 2.75) is 18.4 Å². The van der Waals surface area contributed by atoms with E-state index in [-0.39, 0.29) is 16.5 Å². The molecule has 20 heavy (non-hydrogen) atoms. The Hall–Kier alpha value is -1.43. The summed E-state index contributed by atoms with van der Waals surface area (Å²) in [6, 6.07) is 10.3. The second kappa shape index (κ2) is 5.91. The van der Waals surface area contributed by atoms with Crippen LogP contribution in [0.25, 0.3) is 0 Å². The first-order valence-corrected chi connectivity index (χ1v) is 7.57. The van der Waals surface area contributed by atoms with E-state index in [4.69, 9.17) is 15.8 Å². The zero-order valence-electron chi connectivity index (χ0n) is 10.6. The van der Waals surface area contributed by atoms with Gasteiger partial charge in [-0.15, -0.1) is 0 Å². The van der Waals surface area contributed by atoms with Gasteiger partial charge in [0.1, 0.15) is 5.82 Å². The van der Waals surface area contributed by atoms with E-state index in [0.29, 0.717) is 5.56 Å². The van der Waals surface area contributed by atoms with Gasteiger partial charge < -0.3 is 0 Å². The molecule has 0 aromatic heterocycles. The van der Waals surface area contributed by atoms with Crippen molar-refractivity contribution in [2.75, 3.05) is 0 Å². The fraction of sp³-hybridized carbons (Fsp3) is 0.143. The van der Waals surface area contributed by atoms with Gasteiger partial charge in [0.15, 0.2) is 0 Å². The number of halogens is 2. The molecular formula is C14H12ClFO3S. The first kappa shape index (κ1) is 15.0. The summed E-state index contributed by atoms with van der Waals surface area (Å²) < 4.78 is 42.0. The monoisotopic (exact) mass is 314 g/mol. The van der Waals surface area contributed by atoms with Crippen molar-refractivity contribution in [1.82, 2.24) is 0 Å². The Labute approximate surface area is 122 Å². The third kappa shape index (κ3) is 3.56. The average Bonchev–Trinajstić information content (AvgIpc) is 2.41. The summed E-state index contributed by atoms with van der Waals surface area (Å²) in [5.41, 5.74) is 1.34. The molecule has 0 aliphatic rings. The fourth-order valence-electron chi connectivity index (χ4n) is 1.55. The molecule has 0 saturated heterocycles. The molecule has 0 amide bonds. The van der Waals surface area contributed by atoms with Crippen LogP contribution in [0.1, 0.15) is 11.1 Å². The molecule has 0 radical (unpaired) electrons. The van der Waals surface area contributed by atoms with Gasteiger partial charge in [0, 0.05) is 0 Å². The molecule has 0 atom stereocenters. The van der Waals surface area contributed by atoms with E-state index in [1.54, 1.807) is 12.1 Å². The number of aryl methyl sites for hydroxylation is 1. The molecule has 2 aromatic rings. The molecule has 3 nitrogen and oxygen atoms in total.